The normalized spacial score (nSPS) is 35.8. The fourth-order valence-corrected chi connectivity index (χ4v) is 3.49. The lowest BCUT2D eigenvalue weighted by atomic mass is 9.71. The lowest BCUT2D eigenvalue weighted by Gasteiger charge is -2.35. The van der Waals surface area contributed by atoms with Gasteiger partial charge >= 0.3 is 0 Å². The van der Waals surface area contributed by atoms with E-state index in [0.29, 0.717) is 0 Å². The van der Waals surface area contributed by atoms with Gasteiger partial charge < -0.3 is 0 Å². The summed E-state index contributed by atoms with van der Waals surface area (Å²) in [6.07, 6.45) is 15.9. The van der Waals surface area contributed by atoms with Gasteiger partial charge in [-0.2, -0.15) is 0 Å². The number of hydrogen-bond acceptors (Lipinski definition) is 0. The summed E-state index contributed by atoms with van der Waals surface area (Å²) < 4.78 is 0. The molecule has 0 N–H and O–H groups in total. The highest BCUT2D eigenvalue weighted by atomic mass is 14.3. The molecule has 0 bridgehead atoms. The zero-order valence-corrected chi connectivity index (χ0v) is 9.67. The van der Waals surface area contributed by atoms with Gasteiger partial charge in [-0.15, -0.1) is 0 Å². The molecule has 0 spiro atoms. The first kappa shape index (κ1) is 10.5. The van der Waals surface area contributed by atoms with E-state index in [-0.39, 0.29) is 0 Å². The quantitative estimate of drug-likeness (QED) is 0.601. The van der Waals surface area contributed by atoms with Gasteiger partial charge in [0.2, 0.25) is 0 Å². The van der Waals surface area contributed by atoms with E-state index in [4.69, 9.17) is 0 Å². The Morgan fingerprint density at radius 3 is 2.00 bits per heavy atom. The molecule has 0 amide bonds. The van der Waals surface area contributed by atoms with Crippen LogP contribution in [0.3, 0.4) is 0 Å². The summed E-state index contributed by atoms with van der Waals surface area (Å²) in [6, 6.07) is 0. The molecule has 0 heteroatoms. The second kappa shape index (κ2) is 5.19. The molecule has 2 aliphatic rings. The summed E-state index contributed by atoms with van der Waals surface area (Å²) in [5.74, 6) is 3.27. The summed E-state index contributed by atoms with van der Waals surface area (Å²) in [5.41, 5.74) is 0. The third kappa shape index (κ3) is 2.52. The predicted molar refractivity (Wildman–Crippen MR) is 62.0 cm³/mol. The smallest absolute Gasteiger partial charge is 0.0386 e. The molecule has 14 heavy (non-hydrogen) atoms. The van der Waals surface area contributed by atoms with E-state index < -0.39 is 0 Å². The molecule has 2 saturated carbocycles. The van der Waals surface area contributed by atoms with Crippen LogP contribution in [-0.2, 0) is 0 Å². The maximum Gasteiger partial charge on any atom is -0.0386 e. The molecule has 0 aromatic rings. The maximum atomic E-state index is 2.49. The Morgan fingerprint density at radius 1 is 0.857 bits per heavy atom. The lowest BCUT2D eigenvalue weighted by Crippen LogP contribution is -2.23. The minimum Gasteiger partial charge on any atom is -0.0651 e. The van der Waals surface area contributed by atoms with Crippen molar-refractivity contribution in [2.24, 2.45) is 17.8 Å². The van der Waals surface area contributed by atoms with Crippen LogP contribution in [0.15, 0.2) is 0 Å². The van der Waals surface area contributed by atoms with E-state index in [1.807, 2.05) is 0 Å². The Morgan fingerprint density at radius 2 is 1.43 bits per heavy atom. The van der Waals surface area contributed by atoms with E-state index in [9.17, 15) is 0 Å². The summed E-state index contributed by atoms with van der Waals surface area (Å²) >= 11 is 0. The second-order valence-corrected chi connectivity index (χ2v) is 5.39. The second-order valence-electron chi connectivity index (χ2n) is 5.39. The molecule has 0 nitrogen and oxygen atoms in total. The average molecular weight is 193 g/mol. The monoisotopic (exact) mass is 193 g/mol. The van der Waals surface area contributed by atoms with Crippen molar-refractivity contribution in [1.82, 2.24) is 0 Å². The molecular weight excluding hydrogens is 168 g/mol. The highest BCUT2D eigenvalue weighted by Gasteiger charge is 2.27. The van der Waals surface area contributed by atoms with Gasteiger partial charge in [0.15, 0.2) is 0 Å². The first-order valence-corrected chi connectivity index (χ1v) is 6.71. The fourth-order valence-electron chi connectivity index (χ4n) is 3.49. The minimum absolute atomic E-state index is 1.07. The lowest BCUT2D eigenvalue weighted by molar-refractivity contribution is 0.175. The van der Waals surface area contributed by atoms with Gasteiger partial charge in [0.25, 0.3) is 0 Å². The molecule has 0 aromatic carbocycles. The van der Waals surface area contributed by atoms with Crippen LogP contribution in [0.1, 0.15) is 64.7 Å². The van der Waals surface area contributed by atoms with Gasteiger partial charge in [0.1, 0.15) is 0 Å². The Kier molecular flexibility index (Phi) is 3.89. The van der Waals surface area contributed by atoms with Crippen molar-refractivity contribution in [2.45, 2.75) is 64.7 Å². The van der Waals surface area contributed by atoms with Gasteiger partial charge in [0, 0.05) is 0 Å². The summed E-state index contributed by atoms with van der Waals surface area (Å²) in [5, 5.41) is 0. The van der Waals surface area contributed by atoms with Gasteiger partial charge in [-0.1, -0.05) is 26.2 Å². The van der Waals surface area contributed by atoms with Crippen molar-refractivity contribution in [3.05, 3.63) is 6.42 Å². The summed E-state index contributed by atoms with van der Waals surface area (Å²) in [4.78, 5) is 0. The van der Waals surface area contributed by atoms with Gasteiger partial charge in [0.05, 0.1) is 0 Å². The third-order valence-electron chi connectivity index (χ3n) is 4.62. The van der Waals surface area contributed by atoms with Crippen LogP contribution >= 0.6 is 0 Å². The topological polar surface area (TPSA) is 0 Å². The van der Waals surface area contributed by atoms with E-state index >= 15 is 0 Å². The summed E-state index contributed by atoms with van der Waals surface area (Å²) in [7, 11) is 0. The van der Waals surface area contributed by atoms with Crippen LogP contribution in [-0.4, -0.2) is 0 Å². The fraction of sp³-hybridized carbons (Fsp3) is 0.929. The average Bonchev–Trinajstić information content (AvgIpc) is 2.30. The zero-order valence-electron chi connectivity index (χ0n) is 9.67. The zero-order chi connectivity index (χ0) is 9.80. The summed E-state index contributed by atoms with van der Waals surface area (Å²) in [6.45, 7) is 2.36. The van der Waals surface area contributed by atoms with E-state index in [1.165, 1.54) is 44.9 Å². The molecule has 0 heterocycles. The molecule has 0 unspecified atom stereocenters. The first-order valence-electron chi connectivity index (χ1n) is 6.71. The first-order chi connectivity index (χ1) is 6.90. The molecule has 81 valence electrons. The molecule has 1 radical (unpaired) electrons. The standard InChI is InChI=1S/C14H25/c1-2-12-8-10-14(11-9-12)13-6-4-3-5-7-13/h3,12-14H,2,4-11H2,1H3/t12-,14-. The van der Waals surface area contributed by atoms with Crippen LogP contribution in [0.5, 0.6) is 0 Å². The number of rotatable bonds is 2. The molecule has 2 rings (SSSR count). The Balaban J connectivity index is 1.76. The Bertz CT molecular complexity index is 147. The van der Waals surface area contributed by atoms with Crippen LogP contribution in [0, 0.1) is 24.2 Å². The highest BCUT2D eigenvalue weighted by molar-refractivity contribution is 4.83. The molecule has 2 fully saturated rings. The van der Waals surface area contributed by atoms with Crippen molar-refractivity contribution in [2.75, 3.05) is 0 Å². The molecule has 0 aliphatic heterocycles. The van der Waals surface area contributed by atoms with Crippen molar-refractivity contribution in [1.29, 1.82) is 0 Å². The van der Waals surface area contributed by atoms with Crippen LogP contribution in [0.4, 0.5) is 0 Å². The third-order valence-corrected chi connectivity index (χ3v) is 4.62. The van der Waals surface area contributed by atoms with Gasteiger partial charge in [-0.3, -0.25) is 0 Å². The molecule has 0 aromatic heterocycles. The SMILES string of the molecule is CC[C@H]1CC[C@H](C2CC[CH]CC2)CC1. The van der Waals surface area contributed by atoms with E-state index in [1.54, 1.807) is 12.8 Å². The molecular formula is C14H25. The minimum atomic E-state index is 1.07. The van der Waals surface area contributed by atoms with Crippen molar-refractivity contribution in [3.63, 3.8) is 0 Å². The predicted octanol–water partition coefficient (Wildman–Crippen LogP) is 4.60. The molecule has 0 saturated heterocycles. The van der Waals surface area contributed by atoms with Crippen LogP contribution < -0.4 is 0 Å². The maximum absolute atomic E-state index is 2.49. The highest BCUT2D eigenvalue weighted by Crippen LogP contribution is 2.40. The van der Waals surface area contributed by atoms with Crippen LogP contribution in [0.2, 0.25) is 0 Å². The van der Waals surface area contributed by atoms with Crippen molar-refractivity contribution in [3.8, 4) is 0 Å². The van der Waals surface area contributed by atoms with Gasteiger partial charge in [-0.25, -0.2) is 0 Å². The molecule has 0 atom stereocenters. The van der Waals surface area contributed by atoms with E-state index in [0.717, 1.165) is 17.8 Å². The van der Waals surface area contributed by atoms with Crippen molar-refractivity contribution < 1.29 is 0 Å². The Hall–Kier alpha value is 0. The van der Waals surface area contributed by atoms with E-state index in [2.05, 4.69) is 13.3 Å². The Labute approximate surface area is 89.5 Å². The van der Waals surface area contributed by atoms with Crippen molar-refractivity contribution >= 4 is 0 Å². The largest absolute Gasteiger partial charge is 0.0651 e. The number of hydrogen-bond donors (Lipinski definition) is 0. The van der Waals surface area contributed by atoms with Gasteiger partial charge in [-0.05, 0) is 62.7 Å². The van der Waals surface area contributed by atoms with Crippen LogP contribution in [0.25, 0.3) is 0 Å². The molecule has 2 aliphatic carbocycles.